The molecule has 0 saturated carbocycles. The van der Waals surface area contributed by atoms with Crippen LogP contribution in [0.15, 0.2) is 54.6 Å². The summed E-state index contributed by atoms with van der Waals surface area (Å²) in [4.78, 5) is 56.0. The number of aryl methyl sites for hydroxylation is 1. The van der Waals surface area contributed by atoms with Gasteiger partial charge in [-0.05, 0) is 68.9 Å². The van der Waals surface area contributed by atoms with Gasteiger partial charge in [0.05, 0.1) is 45.8 Å². The maximum Gasteiger partial charge on any atom is 0.435 e. The molecule has 0 saturated heterocycles. The molecule has 1 aliphatic carbocycles. The van der Waals surface area contributed by atoms with E-state index in [2.05, 4.69) is 30.0 Å². The van der Waals surface area contributed by atoms with E-state index in [1.165, 1.54) is 26.0 Å². The first-order chi connectivity index (χ1) is 35.9. The van der Waals surface area contributed by atoms with E-state index in [0.717, 1.165) is 51.5 Å². The number of sulfone groups is 1. The van der Waals surface area contributed by atoms with Gasteiger partial charge in [-0.15, -0.1) is 0 Å². The SMILES string of the molecule is COC(=O)/C=C/C(=O)OCOC(=O)N(c1nn(CC(F)(F)F)c2c(-c3ccc(CCC(C)(C)S(C)(=O)=O)nc3[C@H](Cc3cc(F)cc(F)c3)NC(=O)Cn3nc(C(F)(F)F)c4c3C(F)(F)[C@H](C)[C@@H]4C)ccc(Cl)c12)S(C)(=O)=O. The van der Waals surface area contributed by atoms with Crippen molar-refractivity contribution in [2.24, 2.45) is 5.92 Å². The van der Waals surface area contributed by atoms with Gasteiger partial charge in [0.2, 0.25) is 22.7 Å². The lowest BCUT2D eigenvalue weighted by Gasteiger charge is -2.25. The zero-order valence-corrected chi connectivity index (χ0v) is 44.2. The molecule has 3 heterocycles. The van der Waals surface area contributed by atoms with Crippen LogP contribution in [0.4, 0.5) is 54.5 Å². The minimum absolute atomic E-state index is 0.000316. The van der Waals surface area contributed by atoms with Crippen molar-refractivity contribution in [2.75, 3.05) is 30.7 Å². The van der Waals surface area contributed by atoms with E-state index in [1.54, 1.807) is 0 Å². The maximum atomic E-state index is 15.8. The summed E-state index contributed by atoms with van der Waals surface area (Å²) in [7, 11) is -7.82. The summed E-state index contributed by atoms with van der Waals surface area (Å²) in [6.45, 7) is 0.121. The van der Waals surface area contributed by atoms with Gasteiger partial charge in [-0.1, -0.05) is 37.6 Å². The zero-order valence-electron chi connectivity index (χ0n) is 41.8. The first-order valence-electron chi connectivity index (χ1n) is 22.7. The first-order valence-corrected chi connectivity index (χ1v) is 26.8. The number of amides is 2. The first kappa shape index (κ1) is 60.4. The topological polar surface area (TPSA) is 228 Å². The third-order valence-corrected chi connectivity index (χ3v) is 16.2. The molecular formula is C47H46ClF10N7O11S2. The largest absolute Gasteiger partial charge is 0.466 e. The predicted octanol–water partition coefficient (Wildman–Crippen LogP) is 8.64. The van der Waals surface area contributed by atoms with Gasteiger partial charge in [0.15, 0.2) is 21.3 Å². The molecule has 0 aliphatic heterocycles. The summed E-state index contributed by atoms with van der Waals surface area (Å²) in [5, 5.41) is 8.37. The fourth-order valence-electron chi connectivity index (χ4n) is 8.42. The number of nitrogens with one attached hydrogen (secondary N) is 1. The highest BCUT2D eigenvalue weighted by Gasteiger charge is 2.57. The molecule has 0 spiro atoms. The number of halogens is 11. The number of pyridine rings is 1. The summed E-state index contributed by atoms with van der Waals surface area (Å²) >= 11 is 6.61. The third-order valence-electron chi connectivity index (χ3n) is 12.7. The van der Waals surface area contributed by atoms with Crippen LogP contribution in [0.1, 0.15) is 80.0 Å². The fourth-order valence-corrected chi connectivity index (χ4v) is 9.89. The van der Waals surface area contributed by atoms with Crippen LogP contribution in [-0.2, 0) is 86.5 Å². The average molecular weight is 1170 g/mol. The van der Waals surface area contributed by atoms with Crippen molar-refractivity contribution >= 4 is 72.1 Å². The van der Waals surface area contributed by atoms with Crippen molar-refractivity contribution < 1.29 is 94.1 Å². The lowest BCUT2D eigenvalue weighted by molar-refractivity contribution is -0.146. The van der Waals surface area contributed by atoms with Crippen LogP contribution < -0.4 is 9.62 Å². The number of rotatable bonds is 18. The minimum atomic E-state index is -5.28. The molecule has 78 heavy (non-hydrogen) atoms. The molecule has 0 bridgehead atoms. The Morgan fingerprint density at radius 2 is 1.50 bits per heavy atom. The van der Waals surface area contributed by atoms with Crippen LogP contribution in [-0.4, -0.2) is 103 Å². The fraction of sp³-hybridized carbons (Fsp3) is 0.426. The number of methoxy groups -OCH3 is 1. The molecule has 1 N–H and O–H groups in total. The lowest BCUT2D eigenvalue weighted by Crippen LogP contribution is -2.37. The Balaban J connectivity index is 1.59. The second-order valence-corrected chi connectivity index (χ2v) is 23.5. The van der Waals surface area contributed by atoms with Crippen LogP contribution in [0.2, 0.25) is 5.02 Å². The lowest BCUT2D eigenvalue weighted by atomic mass is 9.93. The molecule has 6 rings (SSSR count). The number of alkyl halides is 8. The minimum Gasteiger partial charge on any atom is -0.466 e. The Hall–Kier alpha value is -6.82. The monoisotopic (exact) mass is 1170 g/mol. The Morgan fingerprint density at radius 1 is 0.885 bits per heavy atom. The molecule has 424 valence electrons. The maximum absolute atomic E-state index is 15.8. The molecule has 0 radical (unpaired) electrons. The standard InChI is InChI=1S/C47H46ClF10N7O11S2/c1-23-24(2)46(54,55)41-36(23)40(47(56,57)58)61-63(41)20-33(66)60-32(18-25-16-26(49)19-27(50)17-25)38-29(9-8-28(59-38)14-15-44(3,4)77(6,70)71)30-10-11-31(48)37-39(30)64(21-45(51,52)53)62-42(37)65(78(7,72)73)43(69)76-22-75-35(68)13-12-34(67)74-5/h8-13,16-17,19,23-24,32H,14-15,18,20-22H2,1-7H3,(H,60,66)/b13-12+/t23-,24+,32-/m0/s1. The Bertz CT molecular complexity index is 3440. The van der Waals surface area contributed by atoms with E-state index in [1.807, 2.05) is 0 Å². The molecular weight excluding hydrogens is 1130 g/mol. The van der Waals surface area contributed by atoms with Gasteiger partial charge in [0.1, 0.15) is 30.4 Å². The second kappa shape index (κ2) is 22.1. The number of aromatic nitrogens is 5. The van der Waals surface area contributed by atoms with Crippen LogP contribution in [0.3, 0.4) is 0 Å². The molecule has 0 fully saturated rings. The summed E-state index contributed by atoms with van der Waals surface area (Å²) in [5.41, 5.74) is -5.95. The van der Waals surface area contributed by atoms with Gasteiger partial charge in [-0.3, -0.25) is 19.1 Å². The van der Waals surface area contributed by atoms with E-state index in [9.17, 15) is 71.1 Å². The highest BCUT2D eigenvalue weighted by molar-refractivity contribution is 7.92. The molecule has 3 atom stereocenters. The molecule has 2 amide bonds. The molecule has 31 heteroatoms. The van der Waals surface area contributed by atoms with Crippen LogP contribution >= 0.6 is 11.6 Å². The third kappa shape index (κ3) is 13.2. The number of carbonyl (C=O) groups is 4. The number of esters is 2. The van der Waals surface area contributed by atoms with E-state index in [0.29, 0.717) is 24.5 Å². The number of anilines is 1. The van der Waals surface area contributed by atoms with Gasteiger partial charge in [-0.25, -0.2) is 40.0 Å². The van der Waals surface area contributed by atoms with Gasteiger partial charge < -0.3 is 19.5 Å². The highest BCUT2D eigenvalue weighted by Crippen LogP contribution is 2.55. The van der Waals surface area contributed by atoms with Crippen molar-refractivity contribution in [1.29, 1.82) is 0 Å². The van der Waals surface area contributed by atoms with Crippen molar-refractivity contribution in [3.63, 3.8) is 0 Å². The number of ether oxygens (including phenoxy) is 3. The van der Waals surface area contributed by atoms with Crippen molar-refractivity contribution in [3.05, 3.63) is 105 Å². The molecule has 2 aromatic carbocycles. The highest BCUT2D eigenvalue weighted by atomic mass is 35.5. The second-order valence-electron chi connectivity index (χ2n) is 18.6. The summed E-state index contributed by atoms with van der Waals surface area (Å²) in [6.07, 6.45) is -11.0. The number of hydrogen-bond acceptors (Lipinski definition) is 14. The molecule has 18 nitrogen and oxygen atoms in total. The summed E-state index contributed by atoms with van der Waals surface area (Å²) in [6, 6.07) is 4.78. The van der Waals surface area contributed by atoms with Gasteiger partial charge in [-0.2, -0.15) is 49.6 Å². The predicted molar refractivity (Wildman–Crippen MR) is 257 cm³/mol. The van der Waals surface area contributed by atoms with E-state index >= 15 is 8.78 Å². The Labute approximate surface area is 442 Å². The van der Waals surface area contributed by atoms with Crippen LogP contribution in [0.5, 0.6) is 0 Å². The van der Waals surface area contributed by atoms with Gasteiger partial charge >= 0.3 is 30.4 Å². The molecule has 3 aromatic heterocycles. The summed E-state index contributed by atoms with van der Waals surface area (Å²) in [5.74, 6) is -14.2. The van der Waals surface area contributed by atoms with Gasteiger partial charge in [0.25, 0.3) is 5.92 Å². The number of hydrogen-bond donors (Lipinski definition) is 1. The van der Waals surface area contributed by atoms with Crippen LogP contribution in [0, 0.1) is 17.6 Å². The zero-order chi connectivity index (χ0) is 58.4. The molecule has 0 unspecified atom stereocenters. The number of carbonyl (C=O) groups excluding carboxylic acids is 4. The quantitative estimate of drug-likeness (QED) is 0.0375. The Kier molecular flexibility index (Phi) is 17.1. The number of benzene rings is 2. The average Bonchev–Trinajstić information content (AvgIpc) is 4.05. The van der Waals surface area contributed by atoms with Crippen molar-refractivity contribution in [2.45, 2.75) is 95.0 Å². The van der Waals surface area contributed by atoms with E-state index in [4.69, 9.17) is 16.3 Å². The molecule has 5 aromatic rings. The smallest absolute Gasteiger partial charge is 0.435 e. The van der Waals surface area contributed by atoms with Crippen molar-refractivity contribution in [1.82, 2.24) is 29.9 Å². The van der Waals surface area contributed by atoms with E-state index in [-0.39, 0.29) is 43.3 Å². The summed E-state index contributed by atoms with van der Waals surface area (Å²) < 4.78 is 213. The number of fused-ring (bicyclic) bond motifs is 2. The number of nitrogens with zero attached hydrogens (tertiary/aromatic N) is 6. The molecule has 1 aliphatic rings. The van der Waals surface area contributed by atoms with Gasteiger partial charge in [0, 0.05) is 52.8 Å². The van der Waals surface area contributed by atoms with Crippen molar-refractivity contribution in [3.8, 4) is 11.1 Å². The normalized spacial score (nSPS) is 16.3. The van der Waals surface area contributed by atoms with Crippen LogP contribution in [0.25, 0.3) is 22.0 Å². The Morgan fingerprint density at radius 3 is 2.08 bits per heavy atom. The number of sulfonamides is 1. The van der Waals surface area contributed by atoms with E-state index < -0.39 is 173 Å².